The molecular weight excluding hydrogens is 286 g/mol. The molecule has 0 fully saturated rings. The van der Waals surface area contributed by atoms with E-state index >= 15 is 0 Å². The SMILES string of the molecule is CCCCCCc1cc(O)c2c(c1)OC(C)(C)C1=C2CNCC1. The van der Waals surface area contributed by atoms with Crippen molar-refractivity contribution < 1.29 is 9.84 Å². The van der Waals surface area contributed by atoms with Gasteiger partial charge in [-0.25, -0.2) is 0 Å². The summed E-state index contributed by atoms with van der Waals surface area (Å²) in [5.74, 6) is 1.22. The smallest absolute Gasteiger partial charge is 0.132 e. The summed E-state index contributed by atoms with van der Waals surface area (Å²) in [4.78, 5) is 0. The van der Waals surface area contributed by atoms with Gasteiger partial charge < -0.3 is 15.2 Å². The van der Waals surface area contributed by atoms with E-state index in [0.29, 0.717) is 5.75 Å². The number of hydrogen-bond donors (Lipinski definition) is 2. The number of phenols is 1. The first kappa shape index (κ1) is 16.4. The van der Waals surface area contributed by atoms with E-state index < -0.39 is 0 Å². The Morgan fingerprint density at radius 2 is 2.04 bits per heavy atom. The summed E-state index contributed by atoms with van der Waals surface area (Å²) in [5, 5.41) is 14.0. The number of benzene rings is 1. The van der Waals surface area contributed by atoms with Gasteiger partial charge in [-0.3, -0.25) is 0 Å². The fraction of sp³-hybridized carbons (Fsp3) is 0.600. The van der Waals surface area contributed by atoms with Gasteiger partial charge in [-0.15, -0.1) is 0 Å². The molecule has 0 amide bonds. The molecular formula is C20H29NO2. The van der Waals surface area contributed by atoms with Crippen LogP contribution in [-0.4, -0.2) is 23.8 Å². The highest BCUT2D eigenvalue weighted by molar-refractivity contribution is 5.82. The topological polar surface area (TPSA) is 41.5 Å². The van der Waals surface area contributed by atoms with E-state index in [1.807, 2.05) is 6.07 Å². The van der Waals surface area contributed by atoms with E-state index in [1.165, 1.54) is 42.4 Å². The van der Waals surface area contributed by atoms with Gasteiger partial charge in [0, 0.05) is 6.54 Å². The van der Waals surface area contributed by atoms with E-state index in [4.69, 9.17) is 4.74 Å². The van der Waals surface area contributed by atoms with Crippen LogP contribution in [0.4, 0.5) is 0 Å². The number of unbranched alkanes of at least 4 members (excludes halogenated alkanes) is 3. The van der Waals surface area contributed by atoms with Crippen molar-refractivity contribution >= 4 is 5.57 Å². The molecule has 0 unspecified atom stereocenters. The first-order chi connectivity index (χ1) is 11.0. The second kappa shape index (κ2) is 6.56. The molecule has 2 N–H and O–H groups in total. The minimum Gasteiger partial charge on any atom is -0.507 e. The summed E-state index contributed by atoms with van der Waals surface area (Å²) in [6, 6.07) is 4.08. The number of ether oxygens (including phenoxy) is 1. The number of aromatic hydroxyl groups is 1. The zero-order valence-corrected chi connectivity index (χ0v) is 14.7. The van der Waals surface area contributed by atoms with Crippen LogP contribution in [-0.2, 0) is 6.42 Å². The molecule has 2 aliphatic heterocycles. The van der Waals surface area contributed by atoms with Gasteiger partial charge in [-0.1, -0.05) is 26.2 Å². The lowest BCUT2D eigenvalue weighted by atomic mass is 9.81. The fourth-order valence-electron chi connectivity index (χ4n) is 3.86. The van der Waals surface area contributed by atoms with Gasteiger partial charge in [-0.05, 0) is 68.5 Å². The minimum absolute atomic E-state index is 0.280. The predicted octanol–water partition coefficient (Wildman–Crippen LogP) is 4.43. The van der Waals surface area contributed by atoms with Gasteiger partial charge in [0.1, 0.15) is 17.1 Å². The largest absolute Gasteiger partial charge is 0.507 e. The zero-order valence-electron chi connectivity index (χ0n) is 14.7. The lowest BCUT2D eigenvalue weighted by molar-refractivity contribution is 0.137. The Labute approximate surface area is 139 Å². The molecule has 3 rings (SSSR count). The molecule has 3 nitrogen and oxygen atoms in total. The van der Waals surface area contributed by atoms with Crippen molar-refractivity contribution in [1.82, 2.24) is 5.32 Å². The molecule has 23 heavy (non-hydrogen) atoms. The summed E-state index contributed by atoms with van der Waals surface area (Å²) in [6.07, 6.45) is 6.94. The second-order valence-electron chi connectivity index (χ2n) is 7.29. The molecule has 0 radical (unpaired) electrons. The maximum absolute atomic E-state index is 10.6. The van der Waals surface area contributed by atoms with E-state index in [9.17, 15) is 5.11 Å². The lowest BCUT2D eigenvalue weighted by Gasteiger charge is -2.40. The van der Waals surface area contributed by atoms with Gasteiger partial charge >= 0.3 is 0 Å². The van der Waals surface area contributed by atoms with Gasteiger partial charge in [0.2, 0.25) is 0 Å². The molecule has 0 aliphatic carbocycles. The molecule has 0 saturated heterocycles. The summed E-state index contributed by atoms with van der Waals surface area (Å²) in [7, 11) is 0. The third-order valence-electron chi connectivity index (χ3n) is 5.07. The molecule has 0 atom stereocenters. The van der Waals surface area contributed by atoms with E-state index in [-0.39, 0.29) is 5.60 Å². The Bertz CT molecular complexity index is 616. The summed E-state index contributed by atoms with van der Waals surface area (Å²) in [5.41, 5.74) is 4.37. The quantitative estimate of drug-likeness (QED) is 0.790. The number of phenolic OH excluding ortho intramolecular Hbond substituents is 1. The normalized spacial score (nSPS) is 19.1. The number of nitrogens with one attached hydrogen (secondary N) is 1. The number of rotatable bonds is 5. The highest BCUT2D eigenvalue weighted by Crippen LogP contribution is 2.47. The highest BCUT2D eigenvalue weighted by atomic mass is 16.5. The van der Waals surface area contributed by atoms with Gasteiger partial charge in [0.05, 0.1) is 5.56 Å². The molecule has 126 valence electrons. The van der Waals surface area contributed by atoms with Crippen molar-refractivity contribution in [3.05, 3.63) is 28.8 Å². The standard InChI is InChI=1S/C20H29NO2/c1-4-5-6-7-8-14-11-17(22)19-15-13-21-10-9-16(15)20(2,3)23-18(19)12-14/h11-12,21-22H,4-10,13H2,1-3H3. The monoisotopic (exact) mass is 315 g/mol. The summed E-state index contributed by atoms with van der Waals surface area (Å²) < 4.78 is 6.29. The highest BCUT2D eigenvalue weighted by Gasteiger charge is 2.37. The Kier molecular flexibility index (Phi) is 4.67. The fourth-order valence-corrected chi connectivity index (χ4v) is 3.86. The maximum Gasteiger partial charge on any atom is 0.132 e. The molecule has 1 aromatic carbocycles. The van der Waals surface area contributed by atoms with Crippen LogP contribution in [0.2, 0.25) is 0 Å². The summed E-state index contributed by atoms with van der Waals surface area (Å²) in [6.45, 7) is 8.31. The number of fused-ring (bicyclic) bond motifs is 2. The van der Waals surface area contributed by atoms with Crippen LogP contribution < -0.4 is 10.1 Å². The maximum atomic E-state index is 10.6. The number of aryl methyl sites for hydroxylation is 1. The van der Waals surface area contributed by atoms with Crippen LogP contribution in [0.15, 0.2) is 17.7 Å². The molecule has 0 aromatic heterocycles. The second-order valence-corrected chi connectivity index (χ2v) is 7.29. The third-order valence-corrected chi connectivity index (χ3v) is 5.07. The predicted molar refractivity (Wildman–Crippen MR) is 95.1 cm³/mol. The van der Waals surface area contributed by atoms with Gasteiger partial charge in [0.25, 0.3) is 0 Å². The molecule has 1 aromatic rings. The average Bonchev–Trinajstić information content (AvgIpc) is 2.51. The van der Waals surface area contributed by atoms with Crippen molar-refractivity contribution in [3.8, 4) is 11.5 Å². The van der Waals surface area contributed by atoms with Crippen LogP contribution in [0.1, 0.15) is 64.0 Å². The summed E-state index contributed by atoms with van der Waals surface area (Å²) >= 11 is 0. The molecule has 0 spiro atoms. The molecule has 2 aliphatic rings. The molecule has 0 saturated carbocycles. The van der Waals surface area contributed by atoms with Crippen LogP contribution in [0, 0.1) is 0 Å². The Balaban J connectivity index is 1.91. The van der Waals surface area contributed by atoms with E-state index in [0.717, 1.165) is 37.2 Å². The van der Waals surface area contributed by atoms with Crippen molar-refractivity contribution in [2.75, 3.05) is 13.1 Å². The Morgan fingerprint density at radius 1 is 1.22 bits per heavy atom. The van der Waals surface area contributed by atoms with Crippen LogP contribution in [0.3, 0.4) is 0 Å². The Hall–Kier alpha value is -1.48. The molecule has 2 heterocycles. The third kappa shape index (κ3) is 3.25. The molecule has 3 heteroatoms. The van der Waals surface area contributed by atoms with Crippen LogP contribution in [0.5, 0.6) is 11.5 Å². The van der Waals surface area contributed by atoms with Crippen LogP contribution >= 0.6 is 0 Å². The van der Waals surface area contributed by atoms with Crippen molar-refractivity contribution in [3.63, 3.8) is 0 Å². The average molecular weight is 315 g/mol. The van der Waals surface area contributed by atoms with Gasteiger partial charge in [0.15, 0.2) is 0 Å². The Morgan fingerprint density at radius 3 is 2.83 bits per heavy atom. The van der Waals surface area contributed by atoms with E-state index in [1.54, 1.807) is 0 Å². The minimum atomic E-state index is -0.280. The van der Waals surface area contributed by atoms with E-state index in [2.05, 4.69) is 32.2 Å². The zero-order chi connectivity index (χ0) is 16.4. The van der Waals surface area contributed by atoms with Crippen molar-refractivity contribution in [2.45, 2.75) is 64.9 Å². The molecule has 0 bridgehead atoms. The first-order valence-electron chi connectivity index (χ1n) is 9.01. The van der Waals surface area contributed by atoms with Crippen molar-refractivity contribution in [1.29, 1.82) is 0 Å². The van der Waals surface area contributed by atoms with Crippen LogP contribution in [0.25, 0.3) is 5.57 Å². The van der Waals surface area contributed by atoms with Gasteiger partial charge in [-0.2, -0.15) is 0 Å². The number of hydrogen-bond acceptors (Lipinski definition) is 3. The van der Waals surface area contributed by atoms with Crippen molar-refractivity contribution in [2.24, 2.45) is 0 Å². The lowest BCUT2D eigenvalue weighted by Crippen LogP contribution is -2.40. The first-order valence-corrected chi connectivity index (χ1v) is 9.01.